The van der Waals surface area contributed by atoms with Crippen molar-refractivity contribution in [1.82, 2.24) is 10.3 Å². The van der Waals surface area contributed by atoms with Gasteiger partial charge in [-0.2, -0.15) is 0 Å². The highest BCUT2D eigenvalue weighted by atomic mass is 35.5. The summed E-state index contributed by atoms with van der Waals surface area (Å²) < 4.78 is 0.787. The number of halogens is 1. The molecular weight excluding hydrogens is 324 g/mol. The van der Waals surface area contributed by atoms with Gasteiger partial charge in [-0.1, -0.05) is 11.6 Å². The summed E-state index contributed by atoms with van der Waals surface area (Å²) in [6, 6.07) is 6.66. The number of rotatable bonds is 7. The maximum Gasteiger partial charge on any atom is 0.354 e. The van der Waals surface area contributed by atoms with Crippen LogP contribution in [0, 0.1) is 0 Å². The molecule has 2 N–H and O–H groups in total. The lowest BCUT2D eigenvalue weighted by molar-refractivity contribution is 0.0690. The molecule has 22 heavy (non-hydrogen) atoms. The molecule has 7 heteroatoms. The molecule has 0 fully saturated rings. The van der Waals surface area contributed by atoms with Gasteiger partial charge in [-0.15, -0.1) is 11.3 Å². The van der Waals surface area contributed by atoms with Crippen LogP contribution in [0.1, 0.15) is 38.6 Å². The topological polar surface area (TPSA) is 79.3 Å². The first-order valence-electron chi connectivity index (χ1n) is 6.78. The van der Waals surface area contributed by atoms with Crippen LogP contribution in [0.4, 0.5) is 0 Å². The summed E-state index contributed by atoms with van der Waals surface area (Å²) in [4.78, 5) is 27.6. The Morgan fingerprint density at radius 2 is 2.09 bits per heavy atom. The predicted molar refractivity (Wildman–Crippen MR) is 85.8 cm³/mol. The number of aromatic carboxylic acids is 1. The first-order chi connectivity index (χ1) is 10.6. The highest BCUT2D eigenvalue weighted by molar-refractivity contribution is 7.16. The number of nitrogens with zero attached hydrogens (tertiary/aromatic N) is 1. The van der Waals surface area contributed by atoms with E-state index in [9.17, 15) is 9.59 Å². The Kier molecular flexibility index (Phi) is 5.91. The van der Waals surface area contributed by atoms with Gasteiger partial charge in [0, 0.05) is 23.2 Å². The van der Waals surface area contributed by atoms with E-state index < -0.39 is 5.97 Å². The number of hydrogen-bond acceptors (Lipinski definition) is 4. The number of nitrogens with one attached hydrogen (secondary N) is 1. The van der Waals surface area contributed by atoms with E-state index in [1.54, 1.807) is 11.3 Å². The Hall–Kier alpha value is -1.92. The zero-order chi connectivity index (χ0) is 15.9. The average molecular weight is 339 g/mol. The second kappa shape index (κ2) is 7.91. The van der Waals surface area contributed by atoms with Crippen molar-refractivity contribution >= 4 is 34.8 Å². The standard InChI is InChI=1S/C15H15ClN2O3S/c16-13-5-4-11(22-13)3-1-2-7-18-14(19)10-6-8-17-12(9-10)15(20)21/h4-6,8-9H,1-3,7H2,(H,18,19)(H,20,21). The van der Waals surface area contributed by atoms with Crippen molar-refractivity contribution in [2.45, 2.75) is 19.3 Å². The molecule has 2 heterocycles. The highest BCUT2D eigenvalue weighted by Crippen LogP contribution is 2.22. The van der Waals surface area contributed by atoms with Crippen LogP contribution in [0.25, 0.3) is 0 Å². The lowest BCUT2D eigenvalue weighted by atomic mass is 10.2. The molecule has 0 bridgehead atoms. The third-order valence-electron chi connectivity index (χ3n) is 3.01. The number of carbonyl (C=O) groups is 2. The Morgan fingerprint density at radius 3 is 2.77 bits per heavy atom. The van der Waals surface area contributed by atoms with Crippen LogP contribution in [0.5, 0.6) is 0 Å². The van der Waals surface area contributed by atoms with Gasteiger partial charge >= 0.3 is 5.97 Å². The van der Waals surface area contributed by atoms with Gasteiger partial charge in [0.1, 0.15) is 5.69 Å². The SMILES string of the molecule is O=C(NCCCCc1ccc(Cl)s1)c1ccnc(C(=O)O)c1. The molecule has 1 amide bonds. The van der Waals surface area contributed by atoms with Crippen molar-refractivity contribution in [3.63, 3.8) is 0 Å². The fourth-order valence-electron chi connectivity index (χ4n) is 1.90. The Balaban J connectivity index is 1.73. The van der Waals surface area contributed by atoms with Crippen molar-refractivity contribution in [1.29, 1.82) is 0 Å². The van der Waals surface area contributed by atoms with Gasteiger partial charge in [-0.05, 0) is 43.5 Å². The van der Waals surface area contributed by atoms with Crippen LogP contribution in [0.15, 0.2) is 30.5 Å². The van der Waals surface area contributed by atoms with E-state index in [-0.39, 0.29) is 11.6 Å². The lowest BCUT2D eigenvalue weighted by Gasteiger charge is -2.05. The number of aromatic nitrogens is 1. The summed E-state index contributed by atoms with van der Waals surface area (Å²) in [5, 5.41) is 11.6. The fraction of sp³-hybridized carbons (Fsp3) is 0.267. The Bertz CT molecular complexity index is 672. The minimum absolute atomic E-state index is 0.137. The van der Waals surface area contributed by atoms with E-state index in [1.165, 1.54) is 23.2 Å². The molecule has 0 aromatic carbocycles. The fourth-order valence-corrected chi connectivity index (χ4v) is 3.03. The molecule has 0 unspecified atom stereocenters. The molecule has 0 aliphatic carbocycles. The molecule has 2 aromatic rings. The summed E-state index contributed by atoms with van der Waals surface area (Å²) in [5.74, 6) is -1.44. The van der Waals surface area contributed by atoms with E-state index >= 15 is 0 Å². The number of carboxylic acid groups (broad SMARTS) is 1. The van der Waals surface area contributed by atoms with Crippen LogP contribution in [-0.4, -0.2) is 28.5 Å². The molecular formula is C15H15ClN2O3S. The number of pyridine rings is 1. The van der Waals surface area contributed by atoms with Crippen molar-refractivity contribution in [3.8, 4) is 0 Å². The van der Waals surface area contributed by atoms with Gasteiger partial charge < -0.3 is 10.4 Å². The van der Waals surface area contributed by atoms with E-state index in [0.29, 0.717) is 12.1 Å². The molecule has 0 saturated carbocycles. The number of aryl methyl sites for hydroxylation is 1. The van der Waals surface area contributed by atoms with Crippen molar-refractivity contribution in [2.24, 2.45) is 0 Å². The molecule has 116 valence electrons. The third kappa shape index (κ3) is 4.82. The van der Waals surface area contributed by atoms with E-state index in [2.05, 4.69) is 10.3 Å². The molecule has 0 spiro atoms. The maximum atomic E-state index is 11.9. The minimum atomic E-state index is -1.15. The third-order valence-corrected chi connectivity index (χ3v) is 4.30. The summed E-state index contributed by atoms with van der Waals surface area (Å²) in [6.07, 6.45) is 4.05. The number of amides is 1. The van der Waals surface area contributed by atoms with Gasteiger partial charge in [0.25, 0.3) is 5.91 Å². The van der Waals surface area contributed by atoms with E-state index in [0.717, 1.165) is 23.6 Å². The van der Waals surface area contributed by atoms with E-state index in [1.807, 2.05) is 12.1 Å². The van der Waals surface area contributed by atoms with Crippen LogP contribution in [0.2, 0.25) is 4.34 Å². The first-order valence-corrected chi connectivity index (χ1v) is 7.97. The summed E-state index contributed by atoms with van der Waals surface area (Å²) in [6.45, 7) is 0.544. The maximum absolute atomic E-state index is 11.9. The van der Waals surface area contributed by atoms with Gasteiger partial charge in [-0.3, -0.25) is 4.79 Å². The number of hydrogen-bond donors (Lipinski definition) is 2. The minimum Gasteiger partial charge on any atom is -0.477 e. The molecule has 0 aliphatic rings. The molecule has 0 radical (unpaired) electrons. The number of thiophene rings is 1. The second-order valence-corrected chi connectivity index (χ2v) is 6.45. The highest BCUT2D eigenvalue weighted by Gasteiger charge is 2.10. The smallest absolute Gasteiger partial charge is 0.354 e. The van der Waals surface area contributed by atoms with Crippen LogP contribution in [0.3, 0.4) is 0 Å². The summed E-state index contributed by atoms with van der Waals surface area (Å²) >= 11 is 7.43. The van der Waals surface area contributed by atoms with Crippen LogP contribution < -0.4 is 5.32 Å². The summed E-state index contributed by atoms with van der Waals surface area (Å²) in [7, 11) is 0. The quantitative estimate of drug-likeness (QED) is 0.759. The second-order valence-electron chi connectivity index (χ2n) is 4.65. The van der Waals surface area contributed by atoms with Gasteiger partial charge in [0.2, 0.25) is 0 Å². The average Bonchev–Trinajstić information content (AvgIpc) is 2.92. The molecule has 0 aliphatic heterocycles. The molecule has 2 aromatic heterocycles. The normalized spacial score (nSPS) is 10.4. The first kappa shape index (κ1) is 16.5. The van der Waals surface area contributed by atoms with Crippen molar-refractivity contribution in [3.05, 3.63) is 50.9 Å². The molecule has 5 nitrogen and oxygen atoms in total. The number of unbranched alkanes of at least 4 members (excludes halogenated alkanes) is 1. The number of carboxylic acids is 1. The molecule has 0 atom stereocenters. The van der Waals surface area contributed by atoms with Gasteiger partial charge in [0.05, 0.1) is 4.34 Å². The Morgan fingerprint density at radius 1 is 1.27 bits per heavy atom. The largest absolute Gasteiger partial charge is 0.477 e. The van der Waals surface area contributed by atoms with Gasteiger partial charge in [-0.25, -0.2) is 9.78 Å². The van der Waals surface area contributed by atoms with Crippen molar-refractivity contribution < 1.29 is 14.7 Å². The van der Waals surface area contributed by atoms with E-state index in [4.69, 9.17) is 16.7 Å². The van der Waals surface area contributed by atoms with Crippen LogP contribution >= 0.6 is 22.9 Å². The predicted octanol–water partition coefficient (Wildman–Crippen LogP) is 3.25. The zero-order valence-corrected chi connectivity index (χ0v) is 13.3. The monoisotopic (exact) mass is 338 g/mol. The van der Waals surface area contributed by atoms with Crippen LogP contribution in [-0.2, 0) is 6.42 Å². The lowest BCUT2D eigenvalue weighted by Crippen LogP contribution is -2.24. The Labute approximate surface area is 137 Å². The summed E-state index contributed by atoms with van der Waals surface area (Å²) in [5.41, 5.74) is 0.166. The van der Waals surface area contributed by atoms with Crippen molar-refractivity contribution in [2.75, 3.05) is 6.54 Å². The number of carbonyl (C=O) groups excluding carboxylic acids is 1. The zero-order valence-electron chi connectivity index (χ0n) is 11.7. The van der Waals surface area contributed by atoms with Gasteiger partial charge in [0.15, 0.2) is 0 Å². The molecule has 2 rings (SSSR count). The molecule has 0 saturated heterocycles.